The van der Waals surface area contributed by atoms with E-state index in [1.807, 2.05) is 0 Å². The molecule has 0 aliphatic heterocycles. The van der Waals surface area contributed by atoms with E-state index in [4.69, 9.17) is 37.2 Å². The van der Waals surface area contributed by atoms with Crippen molar-refractivity contribution in [2.45, 2.75) is 13.8 Å². The largest absolute Gasteiger partial charge is 0.371 e. The zero-order chi connectivity index (χ0) is 20.6. The number of carbonyl (C=O) groups excluding carboxylic acids is 2. The molecule has 0 saturated heterocycles. The van der Waals surface area contributed by atoms with Crippen molar-refractivity contribution in [2.24, 2.45) is 22.3 Å². The highest BCUT2D eigenvalue weighted by Crippen LogP contribution is 2.21. The number of hydrogen-bond donors (Lipinski definition) is 2. The Morgan fingerprint density at radius 3 is 1.73 bits per heavy atom. The van der Waals surface area contributed by atoms with Gasteiger partial charge in [-0.05, 0) is 13.8 Å². The smallest absolute Gasteiger partial charge is 0.363 e. The van der Waals surface area contributed by atoms with Crippen LogP contribution in [0.1, 0.15) is 13.8 Å². The van der Waals surface area contributed by atoms with Crippen LogP contribution >= 0.6 is 0 Å². The van der Waals surface area contributed by atoms with E-state index in [2.05, 4.69) is 45.0 Å². The molecule has 0 rings (SSSR count). The second-order valence-corrected chi connectivity index (χ2v) is 4.38. The van der Waals surface area contributed by atoms with Crippen molar-refractivity contribution in [1.82, 2.24) is 0 Å². The van der Waals surface area contributed by atoms with E-state index < -0.39 is 22.8 Å². The molecule has 0 aliphatic rings. The van der Waals surface area contributed by atoms with Gasteiger partial charge in [0.05, 0.1) is 0 Å². The quantitative estimate of drug-likeness (QED) is 0.522. The van der Waals surface area contributed by atoms with Crippen LogP contribution in [0.5, 0.6) is 0 Å². The summed E-state index contributed by atoms with van der Waals surface area (Å²) in [5.74, 6) is 11.8. The number of rotatable bonds is 3. The van der Waals surface area contributed by atoms with Gasteiger partial charge in [0.15, 0.2) is 5.41 Å². The summed E-state index contributed by atoms with van der Waals surface area (Å²) < 4.78 is 8.77. The van der Waals surface area contributed by atoms with Crippen LogP contribution in [0.3, 0.4) is 0 Å². The molecule has 0 saturated carbocycles. The topological polar surface area (TPSA) is 105 Å². The lowest BCUT2D eigenvalue weighted by Gasteiger charge is -2.15. The Labute approximate surface area is 154 Å². The molecule has 6 nitrogen and oxygen atoms in total. The first-order valence-electron chi connectivity index (χ1n) is 6.95. The van der Waals surface area contributed by atoms with Crippen molar-refractivity contribution in [3.05, 3.63) is 0 Å². The molecule has 26 heavy (non-hydrogen) atoms. The predicted octanol–water partition coefficient (Wildman–Crippen LogP) is -0.556. The highest BCUT2D eigenvalue weighted by atomic mass is 16.5. The lowest BCUT2D eigenvalue weighted by atomic mass is 9.86. The maximum absolute atomic E-state index is 11.9. The standard InChI is InChI=1S/C18H10O4.C2H8N2/c1-7-12-18(9-3,16(20)22-11-5)14-13-17(6,8-2)15(19)21-10-4;3-1-2-4/h2-5H,1,6H3;1-4H2. The van der Waals surface area contributed by atoms with Gasteiger partial charge in [0.1, 0.15) is 12.2 Å². The Bertz CT molecular complexity index is 807. The zero-order valence-electron chi connectivity index (χ0n) is 14.5. The highest BCUT2D eigenvalue weighted by Gasteiger charge is 2.37. The summed E-state index contributed by atoms with van der Waals surface area (Å²) >= 11 is 0. The monoisotopic (exact) mass is 350 g/mol. The van der Waals surface area contributed by atoms with Gasteiger partial charge in [-0.2, -0.15) is 0 Å². The molecule has 0 radical (unpaired) electrons. The lowest BCUT2D eigenvalue weighted by Crippen LogP contribution is -2.30. The maximum atomic E-state index is 11.9. The van der Waals surface area contributed by atoms with Crippen molar-refractivity contribution >= 4 is 11.9 Å². The van der Waals surface area contributed by atoms with Crippen LogP contribution < -0.4 is 11.5 Å². The molecule has 0 bridgehead atoms. The number of esters is 2. The third-order valence-electron chi connectivity index (χ3n) is 2.50. The lowest BCUT2D eigenvalue weighted by molar-refractivity contribution is -0.142. The van der Waals surface area contributed by atoms with Crippen LogP contribution in [0, 0.1) is 84.3 Å². The van der Waals surface area contributed by atoms with Gasteiger partial charge in [0.2, 0.25) is 5.41 Å². The molecule has 6 heteroatoms. The normalized spacial score (nSPS) is 12.3. The fourth-order valence-corrected chi connectivity index (χ4v) is 1.10. The van der Waals surface area contributed by atoms with Crippen LogP contribution in [0.25, 0.3) is 0 Å². The van der Waals surface area contributed by atoms with Gasteiger partial charge in [-0.25, -0.2) is 9.59 Å². The van der Waals surface area contributed by atoms with E-state index in [9.17, 15) is 9.59 Å². The Morgan fingerprint density at radius 2 is 1.38 bits per heavy atom. The first kappa shape index (κ1) is 24.5. The Hall–Kier alpha value is -3.78. The predicted molar refractivity (Wildman–Crippen MR) is 97.4 cm³/mol. The van der Waals surface area contributed by atoms with Gasteiger partial charge in [-0.3, -0.25) is 0 Å². The van der Waals surface area contributed by atoms with Crippen LogP contribution in [0.2, 0.25) is 0 Å². The Morgan fingerprint density at radius 1 is 0.885 bits per heavy atom. The summed E-state index contributed by atoms with van der Waals surface area (Å²) in [6.07, 6.45) is 23.7. The average molecular weight is 350 g/mol. The SMILES string of the molecule is C#COC(=O)C(C)(C#C)C#CC(C#C)(C#CC)C(=O)OC#C.NCCN. The molecule has 0 aromatic rings. The average Bonchev–Trinajstić information content (AvgIpc) is 2.65. The molecule has 2 unspecified atom stereocenters. The molecular formula is C20H18N2O4. The number of ether oxygens (including phenoxy) is 2. The number of hydrogen-bond acceptors (Lipinski definition) is 6. The van der Waals surface area contributed by atoms with E-state index in [1.165, 1.54) is 13.8 Å². The summed E-state index contributed by atoms with van der Waals surface area (Å²) in [5, 5.41) is 0. The van der Waals surface area contributed by atoms with Gasteiger partial charge in [-0.1, -0.05) is 42.4 Å². The van der Waals surface area contributed by atoms with Gasteiger partial charge < -0.3 is 20.9 Å². The molecule has 0 heterocycles. The fraction of sp³-hybridized carbons (Fsp3) is 0.300. The van der Waals surface area contributed by atoms with E-state index in [0.29, 0.717) is 13.1 Å². The molecule has 0 amide bonds. The number of carbonyl (C=O) groups is 2. The summed E-state index contributed by atoms with van der Waals surface area (Å²) in [4.78, 5) is 23.6. The first-order valence-corrected chi connectivity index (χ1v) is 6.95. The third-order valence-corrected chi connectivity index (χ3v) is 2.50. The minimum absolute atomic E-state index is 0.597. The minimum Gasteiger partial charge on any atom is -0.371 e. The van der Waals surface area contributed by atoms with Crippen LogP contribution in [-0.4, -0.2) is 25.0 Å². The number of terminal acetylenes is 4. The van der Waals surface area contributed by atoms with E-state index in [1.54, 1.807) is 12.2 Å². The fourth-order valence-electron chi connectivity index (χ4n) is 1.10. The second-order valence-electron chi connectivity index (χ2n) is 4.38. The molecule has 2 atom stereocenters. The Kier molecular flexibility index (Phi) is 11.9. The van der Waals surface area contributed by atoms with Gasteiger partial charge in [0.25, 0.3) is 0 Å². The first-order chi connectivity index (χ1) is 12.3. The van der Waals surface area contributed by atoms with E-state index >= 15 is 0 Å². The maximum Gasteiger partial charge on any atom is 0.363 e. The zero-order valence-corrected chi connectivity index (χ0v) is 14.5. The summed E-state index contributed by atoms with van der Waals surface area (Å²) in [7, 11) is 0. The van der Waals surface area contributed by atoms with Gasteiger partial charge in [-0.15, -0.1) is 18.8 Å². The molecule has 0 spiro atoms. The van der Waals surface area contributed by atoms with Gasteiger partial charge in [0, 0.05) is 13.1 Å². The van der Waals surface area contributed by atoms with Crippen molar-refractivity contribution in [3.8, 4) is 73.4 Å². The minimum atomic E-state index is -1.96. The second kappa shape index (κ2) is 12.6. The third kappa shape index (κ3) is 7.20. The molecule has 0 fully saturated rings. The summed E-state index contributed by atoms with van der Waals surface area (Å²) in [5.41, 5.74) is 6.12. The molecule has 4 N–H and O–H groups in total. The molecular weight excluding hydrogens is 332 g/mol. The molecule has 0 aliphatic carbocycles. The van der Waals surface area contributed by atoms with Gasteiger partial charge >= 0.3 is 11.9 Å². The van der Waals surface area contributed by atoms with Crippen molar-refractivity contribution in [2.75, 3.05) is 13.1 Å². The molecule has 132 valence electrons. The Balaban J connectivity index is 0. The summed E-state index contributed by atoms with van der Waals surface area (Å²) in [6.45, 7) is 3.90. The number of nitrogens with two attached hydrogens (primary N) is 2. The van der Waals surface area contributed by atoms with Crippen molar-refractivity contribution < 1.29 is 19.1 Å². The van der Waals surface area contributed by atoms with E-state index in [0.717, 1.165) is 0 Å². The highest BCUT2D eigenvalue weighted by molar-refractivity contribution is 5.90. The molecule has 0 aromatic heterocycles. The van der Waals surface area contributed by atoms with Crippen LogP contribution in [0.4, 0.5) is 0 Å². The van der Waals surface area contributed by atoms with Crippen molar-refractivity contribution in [3.63, 3.8) is 0 Å². The van der Waals surface area contributed by atoms with E-state index in [-0.39, 0.29) is 0 Å². The summed E-state index contributed by atoms with van der Waals surface area (Å²) in [6, 6.07) is 0. The molecule has 0 aromatic carbocycles. The van der Waals surface area contributed by atoms with Crippen molar-refractivity contribution in [1.29, 1.82) is 0 Å². The van der Waals surface area contributed by atoms with Crippen LogP contribution in [0.15, 0.2) is 0 Å². The van der Waals surface area contributed by atoms with Crippen LogP contribution in [-0.2, 0) is 19.1 Å².